The smallest absolute Gasteiger partial charge is 0.433 e. The van der Waals surface area contributed by atoms with Gasteiger partial charge in [-0.3, -0.25) is 9.78 Å². The summed E-state index contributed by atoms with van der Waals surface area (Å²) in [5.41, 5.74) is -2.36. The number of amides is 1. The van der Waals surface area contributed by atoms with Crippen molar-refractivity contribution in [3.05, 3.63) is 70.3 Å². The molecule has 1 heterocycles. The highest BCUT2D eigenvalue weighted by atomic mass is 35.5. The Morgan fingerprint density at radius 3 is 2.45 bits per heavy atom. The van der Waals surface area contributed by atoms with Crippen LogP contribution in [0.5, 0.6) is 11.5 Å². The highest BCUT2D eigenvalue weighted by Gasteiger charge is 2.33. The fourth-order valence-corrected chi connectivity index (χ4v) is 3.71. The second-order valence-corrected chi connectivity index (χ2v) is 8.21. The van der Waals surface area contributed by atoms with Gasteiger partial charge < -0.3 is 19.5 Å². The molecule has 0 fully saturated rings. The van der Waals surface area contributed by atoms with E-state index >= 15 is 0 Å². The molecular formula is C25H18ClF4N3O5. The number of methoxy groups -OCH3 is 1. The summed E-state index contributed by atoms with van der Waals surface area (Å²) in [4.78, 5) is 29.0. The fourth-order valence-electron chi connectivity index (χ4n) is 3.45. The summed E-state index contributed by atoms with van der Waals surface area (Å²) in [5, 5.41) is 18.5. The standard InChI is InChI=1S/C25H18ClF4N3O5/c1-12(24(35)36)38-19-6-4-5-18(27)22(19)33(2)23(34)15-8-14(17(26)9-20(15)37-3)16-11-32-21(25(28,29)30)7-13(16)10-31/h4-9,11-12H,1-3H3,(H,35,36). The van der Waals surface area contributed by atoms with Gasteiger partial charge in [-0.1, -0.05) is 17.7 Å². The van der Waals surface area contributed by atoms with Crippen LogP contribution in [0.2, 0.25) is 5.02 Å². The molecule has 0 aliphatic carbocycles. The van der Waals surface area contributed by atoms with E-state index in [1.807, 2.05) is 0 Å². The van der Waals surface area contributed by atoms with Crippen LogP contribution in [0, 0.1) is 17.1 Å². The molecule has 0 radical (unpaired) electrons. The molecule has 1 unspecified atom stereocenters. The van der Waals surface area contributed by atoms with Gasteiger partial charge in [0.1, 0.15) is 22.9 Å². The Kier molecular flexibility index (Phi) is 8.12. The van der Waals surface area contributed by atoms with E-state index in [2.05, 4.69) is 4.98 Å². The van der Waals surface area contributed by atoms with E-state index < -0.39 is 41.2 Å². The molecule has 38 heavy (non-hydrogen) atoms. The number of aliphatic carboxylic acids is 1. The van der Waals surface area contributed by atoms with E-state index in [1.165, 1.54) is 45.3 Å². The van der Waals surface area contributed by atoms with Crippen molar-refractivity contribution in [2.45, 2.75) is 19.2 Å². The third-order valence-electron chi connectivity index (χ3n) is 5.37. The zero-order valence-corrected chi connectivity index (χ0v) is 20.7. The molecule has 1 amide bonds. The van der Waals surface area contributed by atoms with Gasteiger partial charge in [0.25, 0.3) is 5.91 Å². The molecular weight excluding hydrogens is 534 g/mol. The van der Waals surface area contributed by atoms with Gasteiger partial charge in [0.05, 0.1) is 29.3 Å². The summed E-state index contributed by atoms with van der Waals surface area (Å²) >= 11 is 6.31. The minimum atomic E-state index is -4.80. The van der Waals surface area contributed by atoms with Crippen molar-refractivity contribution in [3.63, 3.8) is 0 Å². The number of benzene rings is 2. The summed E-state index contributed by atoms with van der Waals surface area (Å²) in [7, 11) is 2.43. The van der Waals surface area contributed by atoms with Gasteiger partial charge in [0.2, 0.25) is 0 Å². The van der Waals surface area contributed by atoms with Crippen LogP contribution in [0.25, 0.3) is 11.1 Å². The van der Waals surface area contributed by atoms with Gasteiger partial charge in [-0.05, 0) is 31.2 Å². The maximum atomic E-state index is 14.8. The van der Waals surface area contributed by atoms with Crippen molar-refractivity contribution >= 4 is 29.2 Å². The van der Waals surface area contributed by atoms with Crippen LogP contribution in [-0.2, 0) is 11.0 Å². The van der Waals surface area contributed by atoms with Crippen LogP contribution in [0.15, 0.2) is 42.6 Å². The summed E-state index contributed by atoms with van der Waals surface area (Å²) in [6, 6.07) is 8.18. The number of nitriles is 1. The normalized spacial score (nSPS) is 11.9. The van der Waals surface area contributed by atoms with Crippen LogP contribution in [-0.4, -0.2) is 42.2 Å². The highest BCUT2D eigenvalue weighted by Crippen LogP contribution is 2.39. The number of rotatable bonds is 7. The van der Waals surface area contributed by atoms with Gasteiger partial charge in [-0.2, -0.15) is 18.4 Å². The number of para-hydroxylation sites is 1. The van der Waals surface area contributed by atoms with E-state index in [4.69, 9.17) is 26.2 Å². The van der Waals surface area contributed by atoms with Crippen LogP contribution in [0.1, 0.15) is 28.5 Å². The number of halogens is 5. The Bertz CT molecular complexity index is 1460. The molecule has 0 aliphatic heterocycles. The molecule has 3 aromatic rings. The first-order valence-electron chi connectivity index (χ1n) is 10.6. The second-order valence-electron chi connectivity index (χ2n) is 7.81. The number of aromatic nitrogens is 1. The number of carbonyl (C=O) groups is 2. The lowest BCUT2D eigenvalue weighted by Crippen LogP contribution is -2.30. The third kappa shape index (κ3) is 5.63. The Hall–Kier alpha value is -4.37. The van der Waals surface area contributed by atoms with Gasteiger partial charge in [0, 0.05) is 30.4 Å². The number of anilines is 1. The van der Waals surface area contributed by atoms with E-state index in [0.717, 1.165) is 17.2 Å². The van der Waals surface area contributed by atoms with Crippen LogP contribution in [0.3, 0.4) is 0 Å². The molecule has 1 N–H and O–H groups in total. The average Bonchev–Trinajstić information content (AvgIpc) is 2.86. The van der Waals surface area contributed by atoms with Crippen molar-refractivity contribution in [2.24, 2.45) is 0 Å². The van der Waals surface area contributed by atoms with Gasteiger partial charge in [0.15, 0.2) is 11.9 Å². The summed E-state index contributed by atoms with van der Waals surface area (Å²) in [6.07, 6.45) is -5.36. The molecule has 0 saturated carbocycles. The molecule has 0 bridgehead atoms. The highest BCUT2D eigenvalue weighted by molar-refractivity contribution is 6.34. The zero-order chi connectivity index (χ0) is 28.4. The van der Waals surface area contributed by atoms with Gasteiger partial charge in [-0.15, -0.1) is 0 Å². The monoisotopic (exact) mass is 551 g/mol. The van der Waals surface area contributed by atoms with Crippen molar-refractivity contribution in [1.82, 2.24) is 4.98 Å². The maximum Gasteiger partial charge on any atom is 0.433 e. The number of carbonyl (C=O) groups excluding carboxylic acids is 1. The fraction of sp³-hybridized carbons (Fsp3) is 0.200. The molecule has 0 spiro atoms. The molecule has 2 aromatic carbocycles. The SMILES string of the molecule is COc1cc(Cl)c(-c2cnc(C(F)(F)F)cc2C#N)cc1C(=O)N(C)c1c(F)cccc1OC(C)C(=O)O. The average molecular weight is 552 g/mol. The Morgan fingerprint density at radius 2 is 1.87 bits per heavy atom. The number of hydrogen-bond donors (Lipinski definition) is 1. The minimum Gasteiger partial charge on any atom is -0.496 e. The zero-order valence-electron chi connectivity index (χ0n) is 19.9. The lowest BCUT2D eigenvalue weighted by Gasteiger charge is -2.23. The summed E-state index contributed by atoms with van der Waals surface area (Å²) < 4.78 is 64.6. The predicted molar refractivity (Wildman–Crippen MR) is 128 cm³/mol. The first kappa shape index (κ1) is 28.2. The van der Waals surface area contributed by atoms with Crippen molar-refractivity contribution in [3.8, 4) is 28.7 Å². The number of carboxylic acid groups (broad SMARTS) is 1. The largest absolute Gasteiger partial charge is 0.496 e. The Labute approximate surface area is 218 Å². The maximum absolute atomic E-state index is 14.8. The minimum absolute atomic E-state index is 0.00787. The van der Waals surface area contributed by atoms with Crippen molar-refractivity contribution in [2.75, 3.05) is 19.1 Å². The number of pyridine rings is 1. The molecule has 198 valence electrons. The summed E-state index contributed by atoms with van der Waals surface area (Å²) in [5.74, 6) is -3.38. The van der Waals surface area contributed by atoms with E-state index in [1.54, 1.807) is 6.07 Å². The molecule has 1 aromatic heterocycles. The van der Waals surface area contributed by atoms with Crippen LogP contribution in [0.4, 0.5) is 23.2 Å². The third-order valence-corrected chi connectivity index (χ3v) is 5.68. The molecule has 8 nitrogen and oxygen atoms in total. The van der Waals surface area contributed by atoms with Gasteiger partial charge >= 0.3 is 12.1 Å². The first-order chi connectivity index (χ1) is 17.8. The van der Waals surface area contributed by atoms with E-state index in [0.29, 0.717) is 6.07 Å². The molecule has 0 saturated heterocycles. The van der Waals surface area contributed by atoms with Crippen LogP contribution >= 0.6 is 11.6 Å². The lowest BCUT2D eigenvalue weighted by atomic mass is 9.98. The molecule has 0 aliphatic rings. The number of ether oxygens (including phenoxy) is 2. The quantitative estimate of drug-likeness (QED) is 0.382. The number of nitrogens with zero attached hydrogens (tertiary/aromatic N) is 3. The first-order valence-corrected chi connectivity index (χ1v) is 11.0. The number of carboxylic acids is 1. The van der Waals surface area contributed by atoms with Crippen molar-refractivity contribution in [1.29, 1.82) is 5.26 Å². The van der Waals surface area contributed by atoms with Crippen molar-refractivity contribution < 1.29 is 41.7 Å². The second kappa shape index (κ2) is 10.9. The Morgan fingerprint density at radius 1 is 1.18 bits per heavy atom. The molecule has 13 heteroatoms. The molecule has 3 rings (SSSR count). The lowest BCUT2D eigenvalue weighted by molar-refractivity contribution is -0.144. The molecule has 1 atom stereocenters. The van der Waals surface area contributed by atoms with E-state index in [-0.39, 0.29) is 38.9 Å². The Balaban J connectivity index is 2.14. The predicted octanol–water partition coefficient (Wildman–Crippen LogP) is 5.57. The van der Waals surface area contributed by atoms with Crippen LogP contribution < -0.4 is 14.4 Å². The number of alkyl halides is 3. The van der Waals surface area contributed by atoms with E-state index in [9.17, 15) is 32.4 Å². The number of hydrogen-bond acceptors (Lipinski definition) is 6. The summed E-state index contributed by atoms with van der Waals surface area (Å²) in [6.45, 7) is 1.22. The van der Waals surface area contributed by atoms with Gasteiger partial charge in [-0.25, -0.2) is 9.18 Å². The topological polar surface area (TPSA) is 113 Å².